The fraction of sp³-hybridized carbons (Fsp3) is 0.111. The number of carbonyl (C=O) groups excluding carboxylic acids is 1. The van der Waals surface area contributed by atoms with Crippen LogP contribution in [-0.2, 0) is 19.6 Å². The van der Waals surface area contributed by atoms with Crippen LogP contribution in [0.1, 0.15) is 6.92 Å². The molecule has 0 bridgehead atoms. The molecule has 7 nitrogen and oxygen atoms in total. The van der Waals surface area contributed by atoms with Crippen LogP contribution in [0.5, 0.6) is 0 Å². The van der Waals surface area contributed by atoms with Gasteiger partial charge in [-0.15, -0.1) is 0 Å². The van der Waals surface area contributed by atoms with Crippen molar-refractivity contribution in [2.75, 3.05) is 16.6 Å². The fourth-order valence-electron chi connectivity index (χ4n) is 2.03. The van der Waals surface area contributed by atoms with Crippen molar-refractivity contribution in [1.29, 1.82) is 5.26 Å². The summed E-state index contributed by atoms with van der Waals surface area (Å²) in [6.07, 6.45) is 1.17. The summed E-state index contributed by atoms with van der Waals surface area (Å²) in [5, 5.41) is 11.8. The Morgan fingerprint density at radius 2 is 1.93 bits per heavy atom. The van der Waals surface area contributed by atoms with Crippen molar-refractivity contribution in [3.63, 3.8) is 0 Å². The molecule has 0 aliphatic carbocycles. The maximum Gasteiger partial charge on any atom is 0.350 e. The first-order valence-corrected chi connectivity index (χ1v) is 10.1. The van der Waals surface area contributed by atoms with Gasteiger partial charge in [-0.1, -0.05) is 34.1 Å². The molecule has 27 heavy (non-hydrogen) atoms. The number of anilines is 2. The standard InChI is InChI=1S/C18H16BrN3O4S/c1-2-26-18(23)13(11-20)12-21-16-8-3-4-9-17(16)22-27(24,25)15-7-5-6-14(19)10-15/h3-10,12,21-22H,2H2,1H3/b13-12+. The van der Waals surface area contributed by atoms with Crippen molar-refractivity contribution in [3.8, 4) is 6.07 Å². The molecule has 0 heterocycles. The second kappa shape index (κ2) is 9.21. The highest BCUT2D eigenvalue weighted by atomic mass is 79.9. The monoisotopic (exact) mass is 449 g/mol. The maximum atomic E-state index is 12.6. The number of para-hydroxylation sites is 2. The SMILES string of the molecule is CCOC(=O)/C(C#N)=C/Nc1ccccc1NS(=O)(=O)c1cccc(Br)c1. The van der Waals surface area contributed by atoms with E-state index in [2.05, 4.69) is 26.0 Å². The molecule has 2 N–H and O–H groups in total. The van der Waals surface area contributed by atoms with E-state index in [1.54, 1.807) is 49.4 Å². The first-order chi connectivity index (χ1) is 12.9. The summed E-state index contributed by atoms with van der Waals surface area (Å²) in [7, 11) is -3.82. The molecule has 0 spiro atoms. The van der Waals surface area contributed by atoms with Crippen molar-refractivity contribution < 1.29 is 17.9 Å². The highest BCUT2D eigenvalue weighted by Gasteiger charge is 2.16. The van der Waals surface area contributed by atoms with Gasteiger partial charge in [0.2, 0.25) is 0 Å². The van der Waals surface area contributed by atoms with Crippen LogP contribution in [0.25, 0.3) is 0 Å². The molecule has 0 amide bonds. The van der Waals surface area contributed by atoms with Gasteiger partial charge in [-0.3, -0.25) is 4.72 Å². The van der Waals surface area contributed by atoms with Gasteiger partial charge in [-0.05, 0) is 37.3 Å². The first kappa shape index (κ1) is 20.5. The second-order valence-electron chi connectivity index (χ2n) is 5.14. The van der Waals surface area contributed by atoms with Crippen molar-refractivity contribution in [2.45, 2.75) is 11.8 Å². The van der Waals surface area contributed by atoms with Crippen LogP contribution in [0.15, 0.2) is 69.7 Å². The lowest BCUT2D eigenvalue weighted by atomic mass is 10.2. The maximum absolute atomic E-state index is 12.6. The minimum Gasteiger partial charge on any atom is -0.462 e. The number of benzene rings is 2. The molecule has 0 aliphatic heterocycles. The zero-order chi connectivity index (χ0) is 19.9. The van der Waals surface area contributed by atoms with Crippen molar-refractivity contribution in [2.24, 2.45) is 0 Å². The molecular formula is C18H16BrN3O4S. The minimum absolute atomic E-state index is 0.0893. The van der Waals surface area contributed by atoms with Gasteiger partial charge in [0.1, 0.15) is 6.07 Å². The lowest BCUT2D eigenvalue weighted by Gasteiger charge is -2.13. The third kappa shape index (κ3) is 5.57. The average molecular weight is 450 g/mol. The van der Waals surface area contributed by atoms with Crippen LogP contribution < -0.4 is 10.0 Å². The Kier molecular flexibility index (Phi) is 6.98. The minimum atomic E-state index is -3.82. The average Bonchev–Trinajstić information content (AvgIpc) is 2.63. The summed E-state index contributed by atoms with van der Waals surface area (Å²) in [6, 6.07) is 14.5. The van der Waals surface area contributed by atoms with E-state index in [1.807, 2.05) is 0 Å². The number of nitriles is 1. The van der Waals surface area contributed by atoms with E-state index in [0.717, 1.165) is 0 Å². The molecule has 0 fully saturated rings. The second-order valence-corrected chi connectivity index (χ2v) is 7.74. The zero-order valence-electron chi connectivity index (χ0n) is 14.3. The predicted octanol–water partition coefficient (Wildman–Crippen LogP) is 3.63. The third-order valence-electron chi connectivity index (χ3n) is 3.27. The number of sulfonamides is 1. The topological polar surface area (TPSA) is 108 Å². The van der Waals surface area contributed by atoms with Gasteiger partial charge >= 0.3 is 5.97 Å². The predicted molar refractivity (Wildman–Crippen MR) is 105 cm³/mol. The Morgan fingerprint density at radius 1 is 1.22 bits per heavy atom. The number of ether oxygens (including phenoxy) is 1. The van der Waals surface area contributed by atoms with Crippen molar-refractivity contribution in [3.05, 3.63) is 64.8 Å². The number of rotatable bonds is 7. The Bertz CT molecular complexity index is 1010. The Labute approximate surface area is 165 Å². The zero-order valence-corrected chi connectivity index (χ0v) is 16.7. The lowest BCUT2D eigenvalue weighted by molar-refractivity contribution is -0.138. The fourth-order valence-corrected chi connectivity index (χ4v) is 3.71. The van der Waals surface area contributed by atoms with Gasteiger partial charge < -0.3 is 10.1 Å². The summed E-state index contributed by atoms with van der Waals surface area (Å²) in [6.45, 7) is 1.77. The molecule has 2 rings (SSSR count). The number of esters is 1. The van der Waals surface area contributed by atoms with Gasteiger partial charge in [-0.2, -0.15) is 5.26 Å². The van der Waals surface area contributed by atoms with E-state index >= 15 is 0 Å². The summed E-state index contributed by atoms with van der Waals surface area (Å²) in [4.78, 5) is 11.7. The molecule has 0 aliphatic rings. The smallest absolute Gasteiger partial charge is 0.350 e. The largest absolute Gasteiger partial charge is 0.462 e. The van der Waals surface area contributed by atoms with E-state index in [1.165, 1.54) is 18.3 Å². The van der Waals surface area contributed by atoms with Gasteiger partial charge in [0.05, 0.1) is 22.9 Å². The van der Waals surface area contributed by atoms with Gasteiger partial charge in [0.25, 0.3) is 10.0 Å². The Morgan fingerprint density at radius 3 is 2.56 bits per heavy atom. The normalized spacial score (nSPS) is 11.4. The molecule has 0 saturated heterocycles. The molecule has 2 aromatic rings. The van der Waals surface area contributed by atoms with E-state index in [0.29, 0.717) is 10.2 Å². The molecule has 0 atom stereocenters. The van der Waals surface area contributed by atoms with E-state index in [9.17, 15) is 13.2 Å². The van der Waals surface area contributed by atoms with Gasteiger partial charge in [-0.25, -0.2) is 13.2 Å². The molecule has 140 valence electrons. The Hall–Kier alpha value is -2.83. The molecule has 0 saturated carbocycles. The molecule has 2 aromatic carbocycles. The van der Waals surface area contributed by atoms with Crippen LogP contribution in [-0.4, -0.2) is 21.0 Å². The lowest BCUT2D eigenvalue weighted by Crippen LogP contribution is -2.14. The molecule has 0 radical (unpaired) electrons. The molecule has 0 unspecified atom stereocenters. The molecule has 0 aromatic heterocycles. The number of nitrogens with zero attached hydrogens (tertiary/aromatic N) is 1. The molecular weight excluding hydrogens is 434 g/mol. The quantitative estimate of drug-likeness (QED) is 0.379. The van der Waals surface area contributed by atoms with Gasteiger partial charge in [0, 0.05) is 10.7 Å². The van der Waals surface area contributed by atoms with Crippen LogP contribution in [0.3, 0.4) is 0 Å². The van der Waals surface area contributed by atoms with Crippen LogP contribution in [0.4, 0.5) is 11.4 Å². The van der Waals surface area contributed by atoms with E-state index in [4.69, 9.17) is 10.00 Å². The Balaban J connectivity index is 2.28. The number of nitrogens with one attached hydrogen (secondary N) is 2. The van der Waals surface area contributed by atoms with Crippen molar-refractivity contribution in [1.82, 2.24) is 0 Å². The van der Waals surface area contributed by atoms with Crippen LogP contribution in [0.2, 0.25) is 0 Å². The molecule has 9 heteroatoms. The van der Waals surface area contributed by atoms with E-state index < -0.39 is 16.0 Å². The van der Waals surface area contributed by atoms with E-state index in [-0.39, 0.29) is 22.8 Å². The summed E-state index contributed by atoms with van der Waals surface area (Å²) >= 11 is 3.24. The number of hydrogen-bond donors (Lipinski definition) is 2. The first-order valence-electron chi connectivity index (χ1n) is 7.78. The third-order valence-corrected chi connectivity index (χ3v) is 5.12. The van der Waals surface area contributed by atoms with Crippen LogP contribution >= 0.6 is 15.9 Å². The summed E-state index contributed by atoms with van der Waals surface area (Å²) < 4.78 is 33.1. The number of hydrogen-bond acceptors (Lipinski definition) is 6. The van der Waals surface area contributed by atoms with Crippen molar-refractivity contribution >= 4 is 43.3 Å². The number of halogens is 1. The summed E-state index contributed by atoms with van der Waals surface area (Å²) in [5.74, 6) is -0.764. The highest BCUT2D eigenvalue weighted by molar-refractivity contribution is 9.10. The van der Waals surface area contributed by atoms with Gasteiger partial charge in [0.15, 0.2) is 5.57 Å². The highest BCUT2D eigenvalue weighted by Crippen LogP contribution is 2.25. The van der Waals surface area contributed by atoms with Crippen LogP contribution in [0, 0.1) is 11.3 Å². The number of carbonyl (C=O) groups is 1. The summed E-state index contributed by atoms with van der Waals surface area (Å²) in [5.41, 5.74) is 0.393.